The predicted octanol–water partition coefficient (Wildman–Crippen LogP) is 3.50. The molecule has 0 spiro atoms. The fourth-order valence-corrected chi connectivity index (χ4v) is 2.92. The van der Waals surface area contributed by atoms with Gasteiger partial charge in [-0.15, -0.1) is 0 Å². The lowest BCUT2D eigenvalue weighted by Crippen LogP contribution is -2.35. The molecular weight excluding hydrogens is 372 g/mol. The van der Waals surface area contributed by atoms with Crippen LogP contribution in [0.2, 0.25) is 0 Å². The maximum Gasteiger partial charge on any atom is 0.335 e. The number of urea groups is 1. The zero-order chi connectivity index (χ0) is 17.3. The molecule has 1 saturated heterocycles. The number of amides is 4. The predicted molar refractivity (Wildman–Crippen MR) is 91.8 cm³/mol. The van der Waals surface area contributed by atoms with Crippen LogP contribution in [0.15, 0.2) is 59.1 Å². The molecule has 0 bridgehead atoms. The van der Waals surface area contributed by atoms with Gasteiger partial charge < -0.3 is 0 Å². The van der Waals surface area contributed by atoms with E-state index in [0.717, 1.165) is 25.4 Å². The SMILES string of the molecule is CC(c1ccccc1)N1C(=O)C(=O)N(Cc2ccc(Br)cc2)C1=O. The highest BCUT2D eigenvalue weighted by atomic mass is 79.9. The second-order valence-corrected chi connectivity index (χ2v) is 6.48. The molecule has 0 N–H and O–H groups in total. The van der Waals surface area contributed by atoms with Crippen molar-refractivity contribution in [1.29, 1.82) is 0 Å². The number of carbonyl (C=O) groups excluding carboxylic acids is 3. The number of benzene rings is 2. The van der Waals surface area contributed by atoms with Gasteiger partial charge in [0.25, 0.3) is 0 Å². The van der Waals surface area contributed by atoms with Gasteiger partial charge in [-0.05, 0) is 30.2 Å². The summed E-state index contributed by atoms with van der Waals surface area (Å²) >= 11 is 3.34. The Morgan fingerprint density at radius 3 is 2.17 bits per heavy atom. The van der Waals surface area contributed by atoms with Crippen LogP contribution in [0.5, 0.6) is 0 Å². The van der Waals surface area contributed by atoms with Crippen molar-refractivity contribution in [2.75, 3.05) is 0 Å². The molecule has 0 radical (unpaired) electrons. The van der Waals surface area contributed by atoms with Crippen LogP contribution in [0.1, 0.15) is 24.1 Å². The van der Waals surface area contributed by atoms with Gasteiger partial charge in [-0.25, -0.2) is 9.69 Å². The Labute approximate surface area is 148 Å². The highest BCUT2D eigenvalue weighted by Crippen LogP contribution is 2.27. The lowest BCUT2D eigenvalue weighted by molar-refractivity contribution is -0.144. The fraction of sp³-hybridized carbons (Fsp3) is 0.167. The summed E-state index contributed by atoms with van der Waals surface area (Å²) in [5.41, 5.74) is 1.58. The summed E-state index contributed by atoms with van der Waals surface area (Å²) in [5, 5.41) is 0. The average Bonchev–Trinajstić information content (AvgIpc) is 2.80. The van der Waals surface area contributed by atoms with E-state index >= 15 is 0 Å². The summed E-state index contributed by atoms with van der Waals surface area (Å²) < 4.78 is 0.903. The van der Waals surface area contributed by atoms with Crippen LogP contribution >= 0.6 is 15.9 Å². The Hall–Kier alpha value is -2.47. The van der Waals surface area contributed by atoms with Crippen LogP contribution in [0.4, 0.5) is 4.79 Å². The summed E-state index contributed by atoms with van der Waals surface area (Å²) in [6, 6.07) is 15.4. The lowest BCUT2D eigenvalue weighted by atomic mass is 10.1. The Morgan fingerprint density at radius 2 is 1.54 bits per heavy atom. The van der Waals surface area contributed by atoms with Crippen LogP contribution < -0.4 is 0 Å². The van der Waals surface area contributed by atoms with Crippen LogP contribution in [0.25, 0.3) is 0 Å². The maximum absolute atomic E-state index is 12.6. The van der Waals surface area contributed by atoms with E-state index in [1.54, 1.807) is 19.1 Å². The van der Waals surface area contributed by atoms with Crippen molar-refractivity contribution in [3.05, 3.63) is 70.2 Å². The quantitative estimate of drug-likeness (QED) is 0.596. The summed E-state index contributed by atoms with van der Waals surface area (Å²) in [5.74, 6) is -1.57. The molecular formula is C18H15BrN2O3. The third-order valence-corrected chi connectivity index (χ3v) is 4.54. The molecule has 5 nitrogen and oxygen atoms in total. The van der Waals surface area contributed by atoms with Crippen molar-refractivity contribution in [2.24, 2.45) is 0 Å². The van der Waals surface area contributed by atoms with Gasteiger partial charge in [0.1, 0.15) is 0 Å². The van der Waals surface area contributed by atoms with Gasteiger partial charge in [0.05, 0.1) is 12.6 Å². The number of imide groups is 2. The van der Waals surface area contributed by atoms with Crippen molar-refractivity contribution in [2.45, 2.75) is 19.5 Å². The molecule has 1 aliphatic rings. The number of nitrogens with zero attached hydrogens (tertiary/aromatic N) is 2. The highest BCUT2D eigenvalue weighted by molar-refractivity contribution is 9.10. The number of hydrogen-bond donors (Lipinski definition) is 0. The molecule has 1 atom stereocenters. The van der Waals surface area contributed by atoms with E-state index in [-0.39, 0.29) is 6.54 Å². The minimum atomic E-state index is -0.786. The van der Waals surface area contributed by atoms with E-state index < -0.39 is 23.9 Å². The number of rotatable bonds is 4. The van der Waals surface area contributed by atoms with Crippen molar-refractivity contribution in [1.82, 2.24) is 9.80 Å². The summed E-state index contributed by atoms with van der Waals surface area (Å²) in [6.07, 6.45) is 0. The van der Waals surface area contributed by atoms with Gasteiger partial charge in [0.15, 0.2) is 0 Å². The van der Waals surface area contributed by atoms with Crippen LogP contribution in [0.3, 0.4) is 0 Å². The zero-order valence-electron chi connectivity index (χ0n) is 13.0. The summed E-state index contributed by atoms with van der Waals surface area (Å²) in [7, 11) is 0. The van der Waals surface area contributed by atoms with E-state index in [9.17, 15) is 14.4 Å². The largest absolute Gasteiger partial charge is 0.335 e. The van der Waals surface area contributed by atoms with Crippen molar-refractivity contribution >= 4 is 33.8 Å². The molecule has 0 saturated carbocycles. The molecule has 24 heavy (non-hydrogen) atoms. The average molecular weight is 387 g/mol. The fourth-order valence-electron chi connectivity index (χ4n) is 2.66. The highest BCUT2D eigenvalue weighted by Gasteiger charge is 2.46. The Kier molecular flexibility index (Phi) is 4.49. The molecule has 1 fully saturated rings. The van der Waals surface area contributed by atoms with Crippen LogP contribution in [-0.4, -0.2) is 27.6 Å². The zero-order valence-corrected chi connectivity index (χ0v) is 14.6. The van der Waals surface area contributed by atoms with E-state index in [1.165, 1.54) is 0 Å². The molecule has 1 aliphatic heterocycles. The second-order valence-electron chi connectivity index (χ2n) is 5.56. The molecule has 2 aromatic rings. The molecule has 2 aromatic carbocycles. The first-order chi connectivity index (χ1) is 11.5. The van der Waals surface area contributed by atoms with Gasteiger partial charge in [-0.3, -0.25) is 14.5 Å². The normalized spacial score (nSPS) is 16.0. The molecule has 122 valence electrons. The van der Waals surface area contributed by atoms with E-state index in [0.29, 0.717) is 0 Å². The number of carbonyl (C=O) groups is 3. The van der Waals surface area contributed by atoms with Gasteiger partial charge in [0, 0.05) is 4.47 Å². The third kappa shape index (κ3) is 2.97. The van der Waals surface area contributed by atoms with Gasteiger partial charge in [0.2, 0.25) is 0 Å². The molecule has 0 aromatic heterocycles. The standard InChI is InChI=1S/C18H15BrN2O3/c1-12(14-5-3-2-4-6-14)21-17(23)16(22)20(18(21)24)11-13-7-9-15(19)10-8-13/h2-10,12H,11H2,1H3. The van der Waals surface area contributed by atoms with E-state index in [1.807, 2.05) is 42.5 Å². The van der Waals surface area contributed by atoms with Crippen molar-refractivity contribution in [3.8, 4) is 0 Å². The topological polar surface area (TPSA) is 57.7 Å². The lowest BCUT2D eigenvalue weighted by Gasteiger charge is -2.22. The first-order valence-corrected chi connectivity index (χ1v) is 8.26. The molecule has 0 aliphatic carbocycles. The Morgan fingerprint density at radius 1 is 0.917 bits per heavy atom. The first kappa shape index (κ1) is 16.4. The number of halogens is 1. The van der Waals surface area contributed by atoms with Gasteiger partial charge in [-0.1, -0.05) is 58.4 Å². The van der Waals surface area contributed by atoms with Crippen molar-refractivity contribution < 1.29 is 14.4 Å². The Bertz CT molecular complexity index is 790. The molecule has 4 amide bonds. The van der Waals surface area contributed by atoms with Crippen molar-refractivity contribution in [3.63, 3.8) is 0 Å². The third-order valence-electron chi connectivity index (χ3n) is 4.01. The van der Waals surface area contributed by atoms with E-state index in [4.69, 9.17) is 0 Å². The van der Waals surface area contributed by atoms with Gasteiger partial charge in [-0.2, -0.15) is 0 Å². The monoisotopic (exact) mass is 386 g/mol. The smallest absolute Gasteiger partial charge is 0.263 e. The minimum Gasteiger partial charge on any atom is -0.263 e. The number of hydrogen-bond acceptors (Lipinski definition) is 3. The molecule has 6 heteroatoms. The summed E-state index contributed by atoms with van der Waals surface area (Å²) in [4.78, 5) is 39.2. The van der Waals surface area contributed by atoms with Crippen LogP contribution in [0, 0.1) is 0 Å². The first-order valence-electron chi connectivity index (χ1n) is 7.47. The summed E-state index contributed by atoms with van der Waals surface area (Å²) in [6.45, 7) is 1.82. The molecule has 1 heterocycles. The molecule has 3 rings (SSSR count). The van der Waals surface area contributed by atoms with Gasteiger partial charge >= 0.3 is 17.8 Å². The van der Waals surface area contributed by atoms with E-state index in [2.05, 4.69) is 15.9 Å². The second kappa shape index (κ2) is 6.57. The minimum absolute atomic E-state index is 0.0781. The van der Waals surface area contributed by atoms with Crippen LogP contribution in [-0.2, 0) is 16.1 Å². The molecule has 1 unspecified atom stereocenters. The Balaban J connectivity index is 1.84. The maximum atomic E-state index is 12.6.